The minimum Gasteiger partial charge on any atom is -0.481 e. The number of aryl methyl sites for hydroxylation is 1. The second-order valence-corrected chi connectivity index (χ2v) is 7.20. The molecule has 8 heteroatoms. The molecule has 0 unspecified atom stereocenters. The highest BCUT2D eigenvalue weighted by molar-refractivity contribution is 7.80. The molecule has 2 aromatic rings. The van der Waals surface area contributed by atoms with E-state index < -0.39 is 12.6 Å². The lowest BCUT2D eigenvalue weighted by Crippen LogP contribution is -2.32. The number of likely N-dealkylation sites (N-methyl/N-ethyl adjacent to an activating group) is 1. The first-order chi connectivity index (χ1) is 13.8. The predicted octanol–water partition coefficient (Wildman–Crippen LogP) is 4.11. The first-order valence-electron chi connectivity index (χ1n) is 8.90. The highest BCUT2D eigenvalue weighted by atomic mass is 35.5. The van der Waals surface area contributed by atoms with Crippen molar-refractivity contribution in [1.29, 1.82) is 0 Å². The molecule has 150 valence electrons. The number of carbonyl (C=O) groups excluding carboxylic acids is 1. The van der Waals surface area contributed by atoms with Gasteiger partial charge in [0.2, 0.25) is 0 Å². The molecule has 1 N–H and O–H groups in total. The van der Waals surface area contributed by atoms with E-state index in [9.17, 15) is 9.59 Å². The Kier molecular flexibility index (Phi) is 6.20. The van der Waals surface area contributed by atoms with Gasteiger partial charge in [-0.3, -0.25) is 14.6 Å². The van der Waals surface area contributed by atoms with Gasteiger partial charge >= 0.3 is 5.97 Å². The van der Waals surface area contributed by atoms with Gasteiger partial charge in [0.05, 0.1) is 0 Å². The van der Waals surface area contributed by atoms with Crippen LogP contribution in [-0.4, -0.2) is 40.1 Å². The van der Waals surface area contributed by atoms with Gasteiger partial charge in [0.1, 0.15) is 11.4 Å². The molecule has 0 bridgehead atoms. The number of nitrogens with zero attached hydrogens (tertiary/aromatic N) is 2. The number of halogens is 1. The molecule has 1 aliphatic rings. The number of anilines is 1. The third-order valence-corrected chi connectivity index (χ3v) is 4.99. The molecule has 29 heavy (non-hydrogen) atoms. The van der Waals surface area contributed by atoms with E-state index in [1.165, 1.54) is 4.90 Å². The number of carboxylic acid groups (broad SMARTS) is 1. The van der Waals surface area contributed by atoms with Crippen molar-refractivity contribution in [2.75, 3.05) is 18.1 Å². The molecule has 1 aliphatic heterocycles. The highest BCUT2D eigenvalue weighted by Crippen LogP contribution is 2.33. The van der Waals surface area contributed by atoms with Crippen molar-refractivity contribution < 1.29 is 19.4 Å². The third-order valence-electron chi connectivity index (χ3n) is 4.35. The van der Waals surface area contributed by atoms with E-state index in [-0.39, 0.29) is 5.91 Å². The number of amides is 1. The summed E-state index contributed by atoms with van der Waals surface area (Å²) in [4.78, 5) is 27.1. The van der Waals surface area contributed by atoms with Crippen LogP contribution in [0.5, 0.6) is 5.75 Å². The lowest BCUT2D eigenvalue weighted by Gasteiger charge is -2.20. The molecule has 0 aromatic heterocycles. The first kappa shape index (κ1) is 20.8. The molecule has 0 saturated carbocycles. The Labute approximate surface area is 178 Å². The van der Waals surface area contributed by atoms with E-state index in [2.05, 4.69) is 0 Å². The molecule has 0 spiro atoms. The van der Waals surface area contributed by atoms with Crippen LogP contribution in [0.2, 0.25) is 5.02 Å². The Morgan fingerprint density at radius 2 is 1.93 bits per heavy atom. The smallest absolute Gasteiger partial charge is 0.341 e. The fourth-order valence-electron chi connectivity index (χ4n) is 2.94. The second kappa shape index (κ2) is 8.63. The molecule has 1 amide bonds. The molecular formula is C21H19ClN2O4S. The van der Waals surface area contributed by atoms with Crippen LogP contribution < -0.4 is 9.64 Å². The summed E-state index contributed by atoms with van der Waals surface area (Å²) in [6, 6.07) is 12.4. The molecule has 1 saturated heterocycles. The fraction of sp³-hybridized carbons (Fsp3) is 0.190. The Bertz CT molecular complexity index is 1000. The minimum absolute atomic E-state index is 0.248. The van der Waals surface area contributed by atoms with Gasteiger partial charge in [0.25, 0.3) is 5.91 Å². The Morgan fingerprint density at radius 3 is 2.55 bits per heavy atom. The van der Waals surface area contributed by atoms with Crippen LogP contribution >= 0.6 is 23.8 Å². The summed E-state index contributed by atoms with van der Waals surface area (Å²) in [5, 5.41) is 9.72. The number of carbonyl (C=O) groups is 2. The van der Waals surface area contributed by atoms with Crippen LogP contribution in [0.4, 0.5) is 5.69 Å². The number of carboxylic acids is 1. The second-order valence-electron chi connectivity index (χ2n) is 6.40. The molecule has 6 nitrogen and oxygen atoms in total. The standard InChI is InChI=1S/C21H19ClN2O4S/c1-3-23-20(27)17(24(21(23)29)16-7-4-13(2)5-8-16)11-14-10-15(22)6-9-18(14)28-12-19(25)26/h4-11H,3,12H2,1-2H3,(H,25,26)/b17-11+. The zero-order chi connectivity index (χ0) is 21.1. The van der Waals surface area contributed by atoms with E-state index >= 15 is 0 Å². The zero-order valence-corrected chi connectivity index (χ0v) is 17.5. The summed E-state index contributed by atoms with van der Waals surface area (Å²) in [6.45, 7) is 3.74. The number of hydrogen-bond acceptors (Lipinski definition) is 4. The van der Waals surface area contributed by atoms with Gasteiger partial charge in [-0.1, -0.05) is 29.3 Å². The number of hydrogen-bond donors (Lipinski definition) is 1. The molecule has 1 fully saturated rings. The maximum Gasteiger partial charge on any atom is 0.341 e. The van der Waals surface area contributed by atoms with E-state index in [1.54, 1.807) is 29.2 Å². The summed E-state index contributed by atoms with van der Waals surface area (Å²) in [7, 11) is 0. The lowest BCUT2D eigenvalue weighted by molar-refractivity contribution is -0.139. The van der Waals surface area contributed by atoms with Gasteiger partial charge < -0.3 is 9.84 Å². The highest BCUT2D eigenvalue weighted by Gasteiger charge is 2.38. The average molecular weight is 431 g/mol. The summed E-state index contributed by atoms with van der Waals surface area (Å²) in [5.74, 6) is -1.04. The van der Waals surface area contributed by atoms with Crippen molar-refractivity contribution >= 4 is 52.6 Å². The molecule has 1 heterocycles. The van der Waals surface area contributed by atoms with E-state index in [1.807, 2.05) is 38.1 Å². The van der Waals surface area contributed by atoms with Crippen molar-refractivity contribution in [3.05, 3.63) is 64.3 Å². The van der Waals surface area contributed by atoms with E-state index in [4.69, 9.17) is 33.7 Å². The number of rotatable bonds is 6. The molecule has 3 rings (SSSR count). The van der Waals surface area contributed by atoms with Crippen LogP contribution in [0.15, 0.2) is 48.2 Å². The summed E-state index contributed by atoms with van der Waals surface area (Å²) in [5.41, 5.74) is 2.66. The van der Waals surface area contributed by atoms with Gasteiger partial charge in [-0.15, -0.1) is 0 Å². The fourth-order valence-corrected chi connectivity index (χ4v) is 3.54. The summed E-state index contributed by atoms with van der Waals surface area (Å²) in [6.07, 6.45) is 1.62. The molecule has 0 aliphatic carbocycles. The normalized spacial score (nSPS) is 15.3. The average Bonchev–Trinajstić information content (AvgIpc) is 2.91. The zero-order valence-electron chi connectivity index (χ0n) is 15.9. The molecule has 0 atom stereocenters. The number of benzene rings is 2. The maximum atomic E-state index is 13.0. The van der Waals surface area contributed by atoms with Crippen LogP contribution in [0.25, 0.3) is 6.08 Å². The van der Waals surface area contributed by atoms with Crippen molar-refractivity contribution in [1.82, 2.24) is 4.90 Å². The van der Waals surface area contributed by atoms with Crippen molar-refractivity contribution in [2.45, 2.75) is 13.8 Å². The van der Waals surface area contributed by atoms with Gasteiger partial charge in [-0.05, 0) is 62.5 Å². The Balaban J connectivity index is 2.10. The largest absolute Gasteiger partial charge is 0.481 e. The van der Waals surface area contributed by atoms with Crippen molar-refractivity contribution in [2.24, 2.45) is 0 Å². The number of thiocarbonyl (C=S) groups is 1. The van der Waals surface area contributed by atoms with Gasteiger partial charge in [0, 0.05) is 22.8 Å². The Morgan fingerprint density at radius 1 is 1.24 bits per heavy atom. The summed E-state index contributed by atoms with van der Waals surface area (Å²) < 4.78 is 5.36. The van der Waals surface area contributed by atoms with Crippen LogP contribution in [-0.2, 0) is 9.59 Å². The number of ether oxygens (including phenoxy) is 1. The maximum absolute atomic E-state index is 13.0. The van der Waals surface area contributed by atoms with Gasteiger partial charge in [0.15, 0.2) is 11.7 Å². The van der Waals surface area contributed by atoms with Crippen LogP contribution in [0.1, 0.15) is 18.1 Å². The number of aliphatic carboxylic acids is 1. The quantitative estimate of drug-likeness (QED) is 0.549. The lowest BCUT2D eigenvalue weighted by atomic mass is 10.1. The van der Waals surface area contributed by atoms with Gasteiger partial charge in [-0.2, -0.15) is 0 Å². The monoisotopic (exact) mass is 430 g/mol. The molecule has 0 radical (unpaired) electrons. The minimum atomic E-state index is -1.10. The van der Waals surface area contributed by atoms with Crippen molar-refractivity contribution in [3.8, 4) is 5.75 Å². The first-order valence-corrected chi connectivity index (χ1v) is 9.69. The molecule has 2 aromatic carbocycles. The third kappa shape index (κ3) is 4.41. The van der Waals surface area contributed by atoms with Crippen LogP contribution in [0, 0.1) is 6.92 Å². The van der Waals surface area contributed by atoms with Crippen molar-refractivity contribution in [3.63, 3.8) is 0 Å². The molecular weight excluding hydrogens is 412 g/mol. The predicted molar refractivity (Wildman–Crippen MR) is 116 cm³/mol. The van der Waals surface area contributed by atoms with E-state index in [0.29, 0.717) is 33.7 Å². The van der Waals surface area contributed by atoms with E-state index in [0.717, 1.165) is 11.3 Å². The Hall–Kier alpha value is -2.90. The van der Waals surface area contributed by atoms with Gasteiger partial charge in [-0.25, -0.2) is 4.79 Å². The SMILES string of the molecule is CCN1C(=O)/C(=C\c2cc(Cl)ccc2OCC(=O)O)N(c2ccc(C)cc2)C1=S. The van der Waals surface area contributed by atoms with Crippen LogP contribution in [0.3, 0.4) is 0 Å². The summed E-state index contributed by atoms with van der Waals surface area (Å²) >= 11 is 11.7. The topological polar surface area (TPSA) is 70.1 Å².